The highest BCUT2D eigenvalue weighted by Crippen LogP contribution is 2.24. The summed E-state index contributed by atoms with van der Waals surface area (Å²) in [5.74, 6) is 4.84. The Morgan fingerprint density at radius 3 is 2.55 bits per heavy atom. The average molecular weight is 552 g/mol. The molecule has 0 saturated carbocycles. The molecule has 0 aromatic heterocycles. The van der Waals surface area contributed by atoms with E-state index < -0.39 is 36.6 Å². The smallest absolute Gasteiger partial charge is 0.262 e. The lowest BCUT2D eigenvalue weighted by Crippen LogP contribution is -2.62. The maximum absolute atomic E-state index is 12.7. The molecule has 0 radical (unpaired) electrons. The standard InChI is InChI=1S/C28H37N7O5/c1-4-35(5-2)22-9-8-18-10-17(6-7-19(18)12-22)11-20(13-29)27(38)33-15-21(34-31)14-32-16-23-25(36)24(30)26(37)28(39-3)40-23/h6-12,14,23-26,28,36-37H,4-5,15-16,30-31H2,1-3H3,(H,33,38). The van der Waals surface area contributed by atoms with Crippen molar-refractivity contribution >= 4 is 40.4 Å². The molecule has 3 rings (SSSR count). The van der Waals surface area contributed by atoms with Crippen LogP contribution in [0.2, 0.25) is 0 Å². The molecule has 1 saturated heterocycles. The number of anilines is 1. The highest BCUT2D eigenvalue weighted by atomic mass is 16.7. The summed E-state index contributed by atoms with van der Waals surface area (Å²) in [6.45, 7) is 5.95. The molecule has 1 aliphatic heterocycles. The molecule has 0 bridgehead atoms. The molecule has 5 unspecified atom stereocenters. The van der Waals surface area contributed by atoms with Crippen LogP contribution in [-0.2, 0) is 14.3 Å². The predicted molar refractivity (Wildman–Crippen MR) is 155 cm³/mol. The van der Waals surface area contributed by atoms with Crippen LogP contribution in [0, 0.1) is 11.3 Å². The van der Waals surface area contributed by atoms with Crippen LogP contribution >= 0.6 is 0 Å². The van der Waals surface area contributed by atoms with Gasteiger partial charge < -0.3 is 41.5 Å². The lowest BCUT2D eigenvalue weighted by molar-refractivity contribution is -0.259. The minimum atomic E-state index is -1.18. The van der Waals surface area contributed by atoms with E-state index in [2.05, 4.69) is 46.3 Å². The Morgan fingerprint density at radius 2 is 1.90 bits per heavy atom. The summed E-state index contributed by atoms with van der Waals surface area (Å²) in [7, 11) is 1.35. The number of nitriles is 1. The number of carbonyl (C=O) groups is 1. The first kappa shape index (κ1) is 30.7. The number of aliphatic hydroxyl groups is 2. The minimum absolute atomic E-state index is 0.0177. The monoisotopic (exact) mass is 551 g/mol. The van der Waals surface area contributed by atoms with Crippen molar-refractivity contribution in [2.75, 3.05) is 38.2 Å². The maximum atomic E-state index is 12.7. The van der Waals surface area contributed by atoms with Crippen LogP contribution in [-0.4, -0.2) is 92.0 Å². The lowest BCUT2D eigenvalue weighted by atomic mass is 9.97. The second kappa shape index (κ2) is 14.5. The zero-order valence-corrected chi connectivity index (χ0v) is 22.9. The summed E-state index contributed by atoms with van der Waals surface area (Å²) >= 11 is 0. The van der Waals surface area contributed by atoms with Crippen LogP contribution < -0.4 is 21.8 Å². The summed E-state index contributed by atoms with van der Waals surface area (Å²) in [5, 5.41) is 38.1. The molecule has 2 aromatic rings. The number of hydrogen-bond donors (Lipinski definition) is 5. The number of ether oxygens (including phenoxy) is 2. The normalized spacial score (nSPS) is 23.8. The quantitative estimate of drug-likeness (QED) is 0.0870. The molecule has 40 heavy (non-hydrogen) atoms. The van der Waals surface area contributed by atoms with E-state index in [0.29, 0.717) is 5.56 Å². The van der Waals surface area contributed by atoms with Gasteiger partial charge in [0, 0.05) is 32.1 Å². The van der Waals surface area contributed by atoms with Crippen LogP contribution in [0.3, 0.4) is 0 Å². The molecule has 0 spiro atoms. The third-order valence-corrected chi connectivity index (χ3v) is 6.76. The molecule has 1 amide bonds. The fourth-order valence-corrected chi connectivity index (χ4v) is 4.41. The van der Waals surface area contributed by atoms with Gasteiger partial charge in [0.15, 0.2) is 6.29 Å². The number of hydrogen-bond acceptors (Lipinski definition) is 11. The zero-order valence-electron chi connectivity index (χ0n) is 22.9. The molecule has 1 fully saturated rings. The van der Waals surface area contributed by atoms with Gasteiger partial charge in [0.25, 0.3) is 5.91 Å². The number of methoxy groups -OCH3 is 1. The van der Waals surface area contributed by atoms with Crippen molar-refractivity contribution in [3.05, 3.63) is 47.5 Å². The van der Waals surface area contributed by atoms with Crippen LogP contribution in [0.1, 0.15) is 19.4 Å². The fraction of sp³-hybridized carbons (Fsp3) is 0.429. The Balaban J connectivity index is 1.62. The maximum Gasteiger partial charge on any atom is 0.262 e. The fourth-order valence-electron chi connectivity index (χ4n) is 4.41. The first-order chi connectivity index (χ1) is 19.3. The SMILES string of the molecule is CCN(CC)c1ccc2cc(C=C(C#N)C(=O)NCC(C=NCC3OC(OC)C(O)C(N)C3O)=NN)ccc2c1. The summed E-state index contributed by atoms with van der Waals surface area (Å²) in [5.41, 5.74) is 7.83. The predicted octanol–water partition coefficient (Wildman–Crippen LogP) is 0.515. The number of fused-ring (bicyclic) bond motifs is 1. The van der Waals surface area contributed by atoms with Crippen molar-refractivity contribution in [1.29, 1.82) is 5.26 Å². The zero-order chi connectivity index (χ0) is 29.2. The molecule has 1 aliphatic rings. The Kier molecular flexibility index (Phi) is 11.1. The highest BCUT2D eigenvalue weighted by Gasteiger charge is 2.42. The number of carbonyl (C=O) groups excluding carboxylic acids is 1. The number of hydrazone groups is 1. The summed E-state index contributed by atoms with van der Waals surface area (Å²) in [6, 6.07) is 12.9. The van der Waals surface area contributed by atoms with Gasteiger partial charge in [-0.25, -0.2) is 0 Å². The molecule has 214 valence electrons. The largest absolute Gasteiger partial charge is 0.389 e. The van der Waals surface area contributed by atoms with Crippen molar-refractivity contribution in [2.45, 2.75) is 44.5 Å². The lowest BCUT2D eigenvalue weighted by Gasteiger charge is -2.39. The number of aliphatic hydroxyl groups excluding tert-OH is 2. The Labute approximate surface area is 233 Å². The Morgan fingerprint density at radius 1 is 1.20 bits per heavy atom. The molecule has 7 N–H and O–H groups in total. The minimum Gasteiger partial charge on any atom is -0.389 e. The van der Waals surface area contributed by atoms with Gasteiger partial charge in [0.05, 0.1) is 30.9 Å². The first-order valence-electron chi connectivity index (χ1n) is 13.0. The van der Waals surface area contributed by atoms with Crippen LogP contribution in [0.4, 0.5) is 5.69 Å². The number of aliphatic imine (C=N–C) groups is 1. The summed E-state index contributed by atoms with van der Waals surface area (Å²) in [4.78, 5) is 19.1. The van der Waals surface area contributed by atoms with E-state index in [1.54, 1.807) is 0 Å². The highest BCUT2D eigenvalue weighted by molar-refractivity contribution is 6.32. The number of rotatable bonds is 11. The van der Waals surface area contributed by atoms with E-state index in [4.69, 9.17) is 21.1 Å². The van der Waals surface area contributed by atoms with Crippen molar-refractivity contribution in [2.24, 2.45) is 21.7 Å². The number of nitrogens with two attached hydrogens (primary N) is 2. The van der Waals surface area contributed by atoms with Gasteiger partial charge in [-0.2, -0.15) is 10.4 Å². The number of amides is 1. The third kappa shape index (κ3) is 7.41. The van der Waals surface area contributed by atoms with E-state index in [-0.39, 0.29) is 24.4 Å². The van der Waals surface area contributed by atoms with Gasteiger partial charge in [-0.1, -0.05) is 18.2 Å². The molecule has 0 aliphatic carbocycles. The molecule has 1 heterocycles. The Bertz CT molecular complexity index is 1300. The summed E-state index contributed by atoms with van der Waals surface area (Å²) < 4.78 is 10.5. The first-order valence-corrected chi connectivity index (χ1v) is 13.0. The molecule has 5 atom stereocenters. The van der Waals surface area contributed by atoms with E-state index >= 15 is 0 Å². The van der Waals surface area contributed by atoms with Crippen LogP contribution in [0.15, 0.2) is 52.1 Å². The molecular formula is C28H37N7O5. The molecular weight excluding hydrogens is 514 g/mol. The topological polar surface area (TPSA) is 192 Å². The van der Waals surface area contributed by atoms with Crippen molar-refractivity contribution in [1.82, 2.24) is 5.32 Å². The second-order valence-corrected chi connectivity index (χ2v) is 9.27. The van der Waals surface area contributed by atoms with Gasteiger partial charge in [-0.15, -0.1) is 0 Å². The number of nitrogens with one attached hydrogen (secondary N) is 1. The van der Waals surface area contributed by atoms with Crippen molar-refractivity contribution < 1.29 is 24.5 Å². The van der Waals surface area contributed by atoms with Crippen molar-refractivity contribution in [3.63, 3.8) is 0 Å². The second-order valence-electron chi connectivity index (χ2n) is 9.27. The molecule has 2 aromatic carbocycles. The van der Waals surface area contributed by atoms with Gasteiger partial charge in [0.1, 0.15) is 23.9 Å². The van der Waals surface area contributed by atoms with E-state index in [1.165, 1.54) is 19.4 Å². The van der Waals surface area contributed by atoms with E-state index in [1.807, 2.05) is 30.3 Å². The van der Waals surface area contributed by atoms with Crippen molar-refractivity contribution in [3.8, 4) is 6.07 Å². The van der Waals surface area contributed by atoms with Gasteiger partial charge in [-0.05, 0) is 54.5 Å². The average Bonchev–Trinajstić information content (AvgIpc) is 2.97. The van der Waals surface area contributed by atoms with Crippen LogP contribution in [0.5, 0.6) is 0 Å². The number of benzene rings is 2. The molecule has 12 nitrogen and oxygen atoms in total. The van der Waals surface area contributed by atoms with Crippen LogP contribution in [0.25, 0.3) is 16.8 Å². The third-order valence-electron chi connectivity index (χ3n) is 6.76. The Hall–Kier alpha value is -3.86. The van der Waals surface area contributed by atoms with E-state index in [0.717, 1.165) is 29.5 Å². The number of nitrogens with zero attached hydrogens (tertiary/aromatic N) is 4. The van der Waals surface area contributed by atoms with Gasteiger partial charge >= 0.3 is 0 Å². The van der Waals surface area contributed by atoms with E-state index in [9.17, 15) is 20.3 Å². The van der Waals surface area contributed by atoms with Gasteiger partial charge in [0.2, 0.25) is 0 Å². The van der Waals surface area contributed by atoms with Gasteiger partial charge in [-0.3, -0.25) is 9.79 Å². The summed E-state index contributed by atoms with van der Waals surface area (Å²) in [6.07, 6.45) is -1.33. The molecule has 12 heteroatoms.